The van der Waals surface area contributed by atoms with Crippen LogP contribution >= 0.6 is 11.6 Å². The first kappa shape index (κ1) is 30.2. The molecule has 0 spiro atoms. The van der Waals surface area contributed by atoms with Gasteiger partial charge in [-0.1, -0.05) is 61.3 Å². The Balaban J connectivity index is 2.02. The number of aryl methyl sites for hydroxylation is 2. The molecule has 1 unspecified atom stereocenters. The smallest absolute Gasteiger partial charge is 0.264 e. The Kier molecular flexibility index (Phi) is 10.5. The molecule has 1 atom stereocenters. The van der Waals surface area contributed by atoms with Crippen LogP contribution in [0.15, 0.2) is 77.7 Å². The number of nitrogens with one attached hydrogen (secondary N) is 1. The maximum Gasteiger partial charge on any atom is 0.264 e. The summed E-state index contributed by atoms with van der Waals surface area (Å²) >= 11 is 6.19. The zero-order valence-corrected chi connectivity index (χ0v) is 24.4. The van der Waals surface area contributed by atoms with Crippen LogP contribution in [0.2, 0.25) is 5.02 Å². The Morgan fingerprint density at radius 1 is 0.949 bits per heavy atom. The van der Waals surface area contributed by atoms with Crippen molar-refractivity contribution in [1.29, 1.82) is 0 Å². The second-order valence-corrected chi connectivity index (χ2v) is 11.9. The summed E-state index contributed by atoms with van der Waals surface area (Å²) < 4.78 is 28.8. The fourth-order valence-electron chi connectivity index (χ4n) is 4.29. The molecule has 208 valence electrons. The number of hydrogen-bond acceptors (Lipinski definition) is 4. The minimum atomic E-state index is -4.10. The molecule has 0 aliphatic rings. The van der Waals surface area contributed by atoms with E-state index in [2.05, 4.69) is 5.32 Å². The van der Waals surface area contributed by atoms with Crippen molar-refractivity contribution in [2.75, 3.05) is 17.4 Å². The molecule has 1 N–H and O–H groups in total. The molecule has 0 saturated heterocycles. The standard InChI is InChI=1S/C30H36ClN3O4S/c1-5-6-15-32-30(36)24(4)33(20-25-11-10-12-26(31)19-25)29(35)21-34(27-17-22(2)16-23(3)18-27)39(37,38)28-13-8-7-9-14-28/h7-14,16-19,24H,5-6,15,20-21H2,1-4H3,(H,32,36). The lowest BCUT2D eigenvalue weighted by atomic mass is 10.1. The van der Waals surface area contributed by atoms with Crippen LogP contribution in [0.25, 0.3) is 0 Å². The van der Waals surface area contributed by atoms with Crippen LogP contribution in [-0.2, 0) is 26.2 Å². The first-order valence-corrected chi connectivity index (χ1v) is 14.8. The molecule has 3 aromatic carbocycles. The number of sulfonamides is 1. The fourth-order valence-corrected chi connectivity index (χ4v) is 5.93. The van der Waals surface area contributed by atoms with Gasteiger partial charge in [-0.25, -0.2) is 8.42 Å². The van der Waals surface area contributed by atoms with Crippen LogP contribution in [0.1, 0.15) is 43.4 Å². The van der Waals surface area contributed by atoms with Crippen LogP contribution in [0.5, 0.6) is 0 Å². The lowest BCUT2D eigenvalue weighted by molar-refractivity contribution is -0.139. The van der Waals surface area contributed by atoms with Crippen molar-refractivity contribution >= 4 is 39.1 Å². The van der Waals surface area contributed by atoms with Crippen molar-refractivity contribution in [3.8, 4) is 0 Å². The Bertz CT molecular complexity index is 1380. The van der Waals surface area contributed by atoms with Gasteiger partial charge in [0.1, 0.15) is 12.6 Å². The molecule has 0 aromatic heterocycles. The van der Waals surface area contributed by atoms with Gasteiger partial charge in [-0.15, -0.1) is 0 Å². The lowest BCUT2D eigenvalue weighted by Crippen LogP contribution is -2.51. The minimum Gasteiger partial charge on any atom is -0.354 e. The number of carbonyl (C=O) groups is 2. The summed E-state index contributed by atoms with van der Waals surface area (Å²) in [4.78, 5) is 28.4. The molecule has 0 radical (unpaired) electrons. The first-order valence-electron chi connectivity index (χ1n) is 13.0. The third-order valence-corrected chi connectivity index (χ3v) is 8.37. The van der Waals surface area contributed by atoms with Gasteiger partial charge in [-0.05, 0) is 80.3 Å². The van der Waals surface area contributed by atoms with Gasteiger partial charge in [0.05, 0.1) is 10.6 Å². The topological polar surface area (TPSA) is 86.8 Å². The molecule has 0 aliphatic carbocycles. The summed E-state index contributed by atoms with van der Waals surface area (Å²) in [6, 6.07) is 19.6. The van der Waals surface area contributed by atoms with Crippen molar-refractivity contribution < 1.29 is 18.0 Å². The molecule has 0 heterocycles. The summed E-state index contributed by atoms with van der Waals surface area (Å²) in [5.74, 6) is -0.811. The SMILES string of the molecule is CCCCNC(=O)C(C)N(Cc1cccc(Cl)c1)C(=O)CN(c1cc(C)cc(C)c1)S(=O)(=O)c1ccccc1. The highest BCUT2D eigenvalue weighted by atomic mass is 35.5. The number of amides is 2. The van der Waals surface area contributed by atoms with E-state index in [4.69, 9.17) is 11.6 Å². The van der Waals surface area contributed by atoms with E-state index in [9.17, 15) is 18.0 Å². The predicted molar refractivity (Wildman–Crippen MR) is 156 cm³/mol. The Labute approximate surface area is 236 Å². The number of halogens is 1. The molecular weight excluding hydrogens is 534 g/mol. The largest absolute Gasteiger partial charge is 0.354 e. The van der Waals surface area contributed by atoms with E-state index in [-0.39, 0.29) is 17.3 Å². The quantitative estimate of drug-likeness (QED) is 0.292. The highest BCUT2D eigenvalue weighted by Gasteiger charge is 2.32. The maximum atomic E-state index is 13.9. The van der Waals surface area contributed by atoms with Crippen molar-refractivity contribution in [3.63, 3.8) is 0 Å². The average Bonchev–Trinajstić information content (AvgIpc) is 2.89. The van der Waals surface area contributed by atoms with Gasteiger partial charge >= 0.3 is 0 Å². The first-order chi connectivity index (χ1) is 18.5. The van der Waals surface area contributed by atoms with E-state index in [1.54, 1.807) is 55.5 Å². The molecule has 0 aliphatic heterocycles. The van der Waals surface area contributed by atoms with Gasteiger partial charge in [-0.2, -0.15) is 0 Å². The molecule has 0 saturated carbocycles. The molecule has 39 heavy (non-hydrogen) atoms. The predicted octanol–water partition coefficient (Wildman–Crippen LogP) is 5.49. The molecule has 9 heteroatoms. The Morgan fingerprint density at radius 2 is 1.62 bits per heavy atom. The van der Waals surface area contributed by atoms with Gasteiger partial charge < -0.3 is 10.2 Å². The summed E-state index contributed by atoms with van der Waals surface area (Å²) in [7, 11) is -4.10. The van der Waals surface area contributed by atoms with Crippen LogP contribution < -0.4 is 9.62 Å². The second-order valence-electron chi connectivity index (χ2n) is 9.64. The number of anilines is 1. The molecule has 7 nitrogen and oxygen atoms in total. The molecular formula is C30H36ClN3O4S. The number of unbranched alkanes of at least 4 members (excludes halogenated alkanes) is 1. The van der Waals surface area contributed by atoms with E-state index >= 15 is 0 Å². The number of nitrogens with zero attached hydrogens (tertiary/aromatic N) is 2. The molecule has 2 amide bonds. The minimum absolute atomic E-state index is 0.0729. The van der Waals surface area contributed by atoms with Gasteiger partial charge in [0.25, 0.3) is 10.0 Å². The summed E-state index contributed by atoms with van der Waals surface area (Å²) in [6.07, 6.45) is 1.73. The highest BCUT2D eigenvalue weighted by Crippen LogP contribution is 2.26. The normalized spacial score (nSPS) is 12.0. The maximum absolute atomic E-state index is 13.9. The summed E-state index contributed by atoms with van der Waals surface area (Å²) in [5.41, 5.74) is 2.84. The molecule has 3 aromatic rings. The molecule has 0 fully saturated rings. The summed E-state index contributed by atoms with van der Waals surface area (Å²) in [5, 5.41) is 3.38. The van der Waals surface area contributed by atoms with E-state index in [0.29, 0.717) is 17.3 Å². The van der Waals surface area contributed by atoms with Crippen LogP contribution in [0.3, 0.4) is 0 Å². The Morgan fingerprint density at radius 3 is 2.23 bits per heavy atom. The molecule has 0 bridgehead atoms. The monoisotopic (exact) mass is 569 g/mol. The van der Waals surface area contributed by atoms with Crippen LogP contribution in [0.4, 0.5) is 5.69 Å². The van der Waals surface area contributed by atoms with Gasteiger partial charge in [0.15, 0.2) is 0 Å². The van der Waals surface area contributed by atoms with E-state index in [1.807, 2.05) is 32.9 Å². The fraction of sp³-hybridized carbons (Fsp3) is 0.333. The lowest BCUT2D eigenvalue weighted by Gasteiger charge is -2.32. The average molecular weight is 570 g/mol. The second kappa shape index (κ2) is 13.6. The van der Waals surface area contributed by atoms with Crippen molar-refractivity contribution in [3.05, 3.63) is 94.5 Å². The highest BCUT2D eigenvalue weighted by molar-refractivity contribution is 7.92. The van der Waals surface area contributed by atoms with Crippen LogP contribution in [0, 0.1) is 13.8 Å². The Hall–Kier alpha value is -3.36. The van der Waals surface area contributed by atoms with Crippen molar-refractivity contribution in [1.82, 2.24) is 10.2 Å². The number of carbonyl (C=O) groups excluding carboxylic acids is 2. The third kappa shape index (κ3) is 8.07. The van der Waals surface area contributed by atoms with E-state index in [1.165, 1.54) is 17.0 Å². The van der Waals surface area contributed by atoms with Crippen molar-refractivity contribution in [2.45, 2.75) is 58.0 Å². The third-order valence-electron chi connectivity index (χ3n) is 6.34. The number of benzene rings is 3. The van der Waals surface area contributed by atoms with Crippen molar-refractivity contribution in [2.24, 2.45) is 0 Å². The number of rotatable bonds is 12. The summed E-state index contributed by atoms with van der Waals surface area (Å²) in [6.45, 7) is 7.53. The zero-order chi connectivity index (χ0) is 28.6. The van der Waals surface area contributed by atoms with E-state index in [0.717, 1.165) is 33.8 Å². The van der Waals surface area contributed by atoms with Gasteiger partial charge in [-0.3, -0.25) is 13.9 Å². The van der Waals surface area contributed by atoms with Crippen LogP contribution in [-0.4, -0.2) is 44.3 Å². The van der Waals surface area contributed by atoms with Gasteiger partial charge in [0, 0.05) is 18.1 Å². The molecule has 3 rings (SSSR count). The zero-order valence-electron chi connectivity index (χ0n) is 22.9. The van der Waals surface area contributed by atoms with Gasteiger partial charge in [0.2, 0.25) is 11.8 Å². The van der Waals surface area contributed by atoms with E-state index < -0.39 is 28.5 Å². The number of hydrogen-bond donors (Lipinski definition) is 1.